The van der Waals surface area contributed by atoms with E-state index < -0.39 is 15.0 Å². The van der Waals surface area contributed by atoms with Crippen LogP contribution in [0, 0.1) is 0 Å². The van der Waals surface area contributed by atoms with Crippen LogP contribution in [-0.4, -0.2) is 8.42 Å². The zero-order chi connectivity index (χ0) is 15.7. The molecule has 5 nitrogen and oxygen atoms in total. The normalized spacial score (nSPS) is 11.7. The first-order valence-electron chi connectivity index (χ1n) is 6.63. The second-order valence-electron chi connectivity index (χ2n) is 4.72. The highest BCUT2D eigenvalue weighted by Gasteiger charge is 2.14. The van der Waals surface area contributed by atoms with Gasteiger partial charge in [0.05, 0.1) is 15.3 Å². The molecular formula is C15H13NO4S2. The van der Waals surface area contributed by atoms with Gasteiger partial charge >= 0.3 is 4.94 Å². The van der Waals surface area contributed by atoms with Gasteiger partial charge in [0.2, 0.25) is 0 Å². The number of aryl methyl sites for hydroxylation is 1. The Bertz CT molecular complexity index is 969. The van der Waals surface area contributed by atoms with E-state index in [0.717, 1.165) is 23.3 Å². The van der Waals surface area contributed by atoms with Gasteiger partial charge in [0, 0.05) is 0 Å². The standard InChI is InChI=1S/C15H13NO4S2/c1-2-10-3-6-12(7-4-10)22(18,19)16-11-5-8-13-14(9-11)21-15(17)20-13/h3-9,16H,2H2,1H3. The lowest BCUT2D eigenvalue weighted by Crippen LogP contribution is -2.12. The molecule has 1 N–H and O–H groups in total. The molecule has 0 fully saturated rings. The van der Waals surface area contributed by atoms with E-state index in [0.29, 0.717) is 16.0 Å². The fourth-order valence-electron chi connectivity index (χ4n) is 2.05. The van der Waals surface area contributed by atoms with Crippen LogP contribution in [0.1, 0.15) is 12.5 Å². The number of hydrogen-bond donors (Lipinski definition) is 1. The molecule has 1 heterocycles. The fourth-order valence-corrected chi connectivity index (χ4v) is 3.81. The van der Waals surface area contributed by atoms with Crippen molar-refractivity contribution in [2.45, 2.75) is 18.2 Å². The molecule has 0 atom stereocenters. The highest BCUT2D eigenvalue weighted by atomic mass is 32.2. The highest BCUT2D eigenvalue weighted by molar-refractivity contribution is 7.92. The van der Waals surface area contributed by atoms with Crippen molar-refractivity contribution < 1.29 is 12.8 Å². The van der Waals surface area contributed by atoms with E-state index in [-0.39, 0.29) is 4.90 Å². The lowest BCUT2D eigenvalue weighted by atomic mass is 10.2. The van der Waals surface area contributed by atoms with Crippen LogP contribution in [0.2, 0.25) is 0 Å². The van der Waals surface area contributed by atoms with Gasteiger partial charge < -0.3 is 4.42 Å². The quantitative estimate of drug-likeness (QED) is 0.794. The topological polar surface area (TPSA) is 76.4 Å². The summed E-state index contributed by atoms with van der Waals surface area (Å²) < 4.78 is 32.8. The third-order valence-electron chi connectivity index (χ3n) is 3.22. The van der Waals surface area contributed by atoms with E-state index >= 15 is 0 Å². The molecule has 0 spiro atoms. The second-order valence-corrected chi connectivity index (χ2v) is 7.38. The smallest absolute Gasteiger partial charge is 0.396 e. The van der Waals surface area contributed by atoms with Crippen LogP contribution in [0.4, 0.5) is 5.69 Å². The lowest BCUT2D eigenvalue weighted by Gasteiger charge is -2.08. The summed E-state index contributed by atoms with van der Waals surface area (Å²) in [6.07, 6.45) is 0.851. The van der Waals surface area contributed by atoms with Crippen LogP contribution in [0.3, 0.4) is 0 Å². The van der Waals surface area contributed by atoms with Gasteiger partial charge in [-0.05, 0) is 42.3 Å². The van der Waals surface area contributed by atoms with Crippen LogP contribution in [-0.2, 0) is 16.4 Å². The number of anilines is 1. The second kappa shape index (κ2) is 5.58. The number of benzene rings is 2. The number of sulfonamides is 1. The predicted molar refractivity (Wildman–Crippen MR) is 87.0 cm³/mol. The Labute approximate surface area is 131 Å². The van der Waals surface area contributed by atoms with Gasteiger partial charge in [0.1, 0.15) is 5.58 Å². The first kappa shape index (κ1) is 14.8. The minimum absolute atomic E-state index is 0.199. The summed E-state index contributed by atoms with van der Waals surface area (Å²) >= 11 is 0.936. The molecule has 3 aromatic rings. The molecule has 3 rings (SSSR count). The maximum absolute atomic E-state index is 12.3. The molecule has 0 bridgehead atoms. The Hall–Kier alpha value is -2.12. The number of fused-ring (bicyclic) bond motifs is 1. The van der Waals surface area contributed by atoms with Crippen molar-refractivity contribution in [2.24, 2.45) is 0 Å². The number of nitrogens with one attached hydrogen (secondary N) is 1. The van der Waals surface area contributed by atoms with Crippen LogP contribution in [0.15, 0.2) is 56.6 Å². The summed E-state index contributed by atoms with van der Waals surface area (Å²) in [5.74, 6) is 0. The molecule has 0 aliphatic heterocycles. The SMILES string of the molecule is CCc1ccc(S(=O)(=O)Nc2ccc3oc(=O)sc3c2)cc1. The Morgan fingerprint density at radius 1 is 1.14 bits per heavy atom. The van der Waals surface area contributed by atoms with E-state index in [4.69, 9.17) is 4.42 Å². The zero-order valence-corrected chi connectivity index (χ0v) is 13.3. The van der Waals surface area contributed by atoms with Crippen molar-refractivity contribution in [2.75, 3.05) is 4.72 Å². The minimum Gasteiger partial charge on any atom is -0.414 e. The van der Waals surface area contributed by atoms with E-state index in [1.54, 1.807) is 42.5 Å². The Morgan fingerprint density at radius 2 is 1.86 bits per heavy atom. The van der Waals surface area contributed by atoms with Gasteiger partial charge in [0.25, 0.3) is 10.0 Å². The summed E-state index contributed by atoms with van der Waals surface area (Å²) in [6.45, 7) is 2.01. The van der Waals surface area contributed by atoms with Crippen molar-refractivity contribution >= 4 is 37.3 Å². The van der Waals surface area contributed by atoms with Crippen LogP contribution >= 0.6 is 11.3 Å². The lowest BCUT2D eigenvalue weighted by molar-refractivity contribution is 0.585. The molecule has 114 valence electrons. The van der Waals surface area contributed by atoms with Gasteiger partial charge in [-0.1, -0.05) is 30.4 Å². The highest BCUT2D eigenvalue weighted by Crippen LogP contribution is 2.23. The van der Waals surface area contributed by atoms with Crippen molar-refractivity contribution in [3.8, 4) is 0 Å². The van der Waals surface area contributed by atoms with E-state index in [1.165, 1.54) is 0 Å². The molecule has 0 radical (unpaired) electrons. The van der Waals surface area contributed by atoms with Crippen molar-refractivity contribution in [3.63, 3.8) is 0 Å². The molecule has 0 aliphatic rings. The zero-order valence-electron chi connectivity index (χ0n) is 11.7. The first-order valence-corrected chi connectivity index (χ1v) is 8.93. The largest absolute Gasteiger partial charge is 0.414 e. The van der Waals surface area contributed by atoms with Gasteiger partial charge in [-0.15, -0.1) is 0 Å². The van der Waals surface area contributed by atoms with E-state index in [2.05, 4.69) is 4.72 Å². The van der Waals surface area contributed by atoms with Crippen LogP contribution in [0.5, 0.6) is 0 Å². The maximum atomic E-state index is 12.3. The van der Waals surface area contributed by atoms with Gasteiger partial charge in [-0.3, -0.25) is 4.72 Å². The summed E-state index contributed by atoms with van der Waals surface area (Å²) in [5.41, 5.74) is 1.91. The van der Waals surface area contributed by atoms with Crippen LogP contribution in [0.25, 0.3) is 10.3 Å². The average Bonchev–Trinajstić information content (AvgIpc) is 2.86. The Morgan fingerprint density at radius 3 is 2.55 bits per heavy atom. The average molecular weight is 335 g/mol. The predicted octanol–water partition coefficient (Wildman–Crippen LogP) is 3.22. The molecule has 22 heavy (non-hydrogen) atoms. The first-order chi connectivity index (χ1) is 10.5. The number of hydrogen-bond acceptors (Lipinski definition) is 5. The molecule has 0 amide bonds. The Kier molecular flexibility index (Phi) is 3.76. The molecule has 0 saturated heterocycles. The molecule has 2 aromatic carbocycles. The summed E-state index contributed by atoms with van der Waals surface area (Å²) in [7, 11) is -3.65. The molecule has 1 aromatic heterocycles. The molecular weight excluding hydrogens is 322 g/mol. The van der Waals surface area contributed by atoms with Crippen molar-refractivity contribution in [1.29, 1.82) is 0 Å². The van der Waals surface area contributed by atoms with Gasteiger partial charge in [0.15, 0.2) is 0 Å². The summed E-state index contributed by atoms with van der Waals surface area (Å²) in [4.78, 5) is 11.0. The van der Waals surface area contributed by atoms with Crippen molar-refractivity contribution in [3.05, 3.63) is 57.8 Å². The molecule has 0 saturated carbocycles. The van der Waals surface area contributed by atoms with Crippen LogP contribution < -0.4 is 9.66 Å². The van der Waals surface area contributed by atoms with E-state index in [1.807, 2.05) is 6.92 Å². The monoisotopic (exact) mass is 335 g/mol. The van der Waals surface area contributed by atoms with Gasteiger partial charge in [-0.25, -0.2) is 13.2 Å². The Balaban J connectivity index is 1.92. The number of rotatable bonds is 4. The fraction of sp³-hybridized carbons (Fsp3) is 0.133. The van der Waals surface area contributed by atoms with E-state index in [9.17, 15) is 13.2 Å². The van der Waals surface area contributed by atoms with Crippen molar-refractivity contribution in [1.82, 2.24) is 0 Å². The molecule has 0 aliphatic carbocycles. The molecule has 0 unspecified atom stereocenters. The molecule has 7 heteroatoms. The van der Waals surface area contributed by atoms with Gasteiger partial charge in [-0.2, -0.15) is 0 Å². The summed E-state index contributed by atoms with van der Waals surface area (Å²) in [6, 6.07) is 11.5. The third-order valence-corrected chi connectivity index (χ3v) is 5.41. The third kappa shape index (κ3) is 2.90. The minimum atomic E-state index is -3.65. The maximum Gasteiger partial charge on any atom is 0.396 e. The summed E-state index contributed by atoms with van der Waals surface area (Å²) in [5, 5.41) is 0.